The van der Waals surface area contributed by atoms with Crippen molar-refractivity contribution in [3.8, 4) is 5.69 Å². The monoisotopic (exact) mass is 455 g/mol. The van der Waals surface area contributed by atoms with Gasteiger partial charge in [-0.25, -0.2) is 9.58 Å². The molecule has 31 heavy (non-hydrogen) atoms. The van der Waals surface area contributed by atoms with Crippen LogP contribution >= 0.6 is 11.6 Å². The third-order valence-corrected chi connectivity index (χ3v) is 5.17. The fourth-order valence-electron chi connectivity index (χ4n) is 3.38. The van der Waals surface area contributed by atoms with Crippen molar-refractivity contribution < 1.29 is 31.5 Å². The number of nitrogens with zero attached hydrogens (tertiary/aromatic N) is 3. The Morgan fingerprint density at radius 2 is 1.68 bits per heavy atom. The number of alkyl halides is 5. The Morgan fingerprint density at radius 3 is 2.29 bits per heavy atom. The normalized spacial score (nSPS) is 14.4. The van der Waals surface area contributed by atoms with E-state index in [-0.39, 0.29) is 33.1 Å². The zero-order valence-electron chi connectivity index (χ0n) is 15.5. The third-order valence-electron chi connectivity index (χ3n) is 4.85. The fourth-order valence-corrected chi connectivity index (χ4v) is 3.63. The first-order valence-electron chi connectivity index (χ1n) is 8.72. The highest BCUT2D eigenvalue weighted by Crippen LogP contribution is 2.44. The number of imide groups is 1. The van der Waals surface area contributed by atoms with Crippen molar-refractivity contribution in [1.82, 2.24) is 9.78 Å². The standard InChI is InChI=1S/C20H11ClF5N3O2/c1-10-9-11(29-15(7-8-27-29)19(22,23)20(24,25)26)5-6-14(10)28-17(30)12-3-2-4-13(21)16(12)18(28)31/h2-9H,1H3. The molecule has 2 aromatic carbocycles. The number of carbonyl (C=O) groups is 2. The average molecular weight is 456 g/mol. The van der Waals surface area contributed by atoms with Gasteiger partial charge in [-0.15, -0.1) is 0 Å². The quantitative estimate of drug-likeness (QED) is 0.398. The summed E-state index contributed by atoms with van der Waals surface area (Å²) in [7, 11) is 0. The molecule has 0 aliphatic carbocycles. The number of anilines is 1. The van der Waals surface area contributed by atoms with Crippen molar-refractivity contribution >= 4 is 29.1 Å². The van der Waals surface area contributed by atoms with Gasteiger partial charge in [0, 0.05) is 6.20 Å². The summed E-state index contributed by atoms with van der Waals surface area (Å²) in [6, 6.07) is 8.72. The number of amides is 2. The minimum Gasteiger partial charge on any atom is -0.268 e. The molecular weight excluding hydrogens is 445 g/mol. The second-order valence-electron chi connectivity index (χ2n) is 6.78. The summed E-state index contributed by atoms with van der Waals surface area (Å²) in [5.74, 6) is -6.42. The molecule has 0 saturated carbocycles. The number of hydrogen-bond acceptors (Lipinski definition) is 3. The van der Waals surface area contributed by atoms with E-state index in [1.165, 1.54) is 43.3 Å². The van der Waals surface area contributed by atoms with Gasteiger partial charge in [0.1, 0.15) is 5.69 Å². The molecule has 0 N–H and O–H groups in total. The van der Waals surface area contributed by atoms with Crippen LogP contribution in [-0.2, 0) is 5.92 Å². The fraction of sp³-hybridized carbons (Fsp3) is 0.150. The Hall–Kier alpha value is -3.27. The van der Waals surface area contributed by atoms with Crippen molar-refractivity contribution in [2.45, 2.75) is 19.0 Å². The van der Waals surface area contributed by atoms with Crippen LogP contribution in [0.4, 0.5) is 27.6 Å². The van der Waals surface area contributed by atoms with Gasteiger partial charge in [0.15, 0.2) is 0 Å². The Bertz CT molecular complexity index is 1240. The highest BCUT2D eigenvalue weighted by Gasteiger charge is 2.60. The molecular formula is C20H11ClF5N3O2. The van der Waals surface area contributed by atoms with Gasteiger partial charge in [-0.2, -0.15) is 27.1 Å². The lowest BCUT2D eigenvalue weighted by molar-refractivity contribution is -0.291. The molecule has 1 aliphatic rings. The van der Waals surface area contributed by atoms with Crippen LogP contribution in [-0.4, -0.2) is 27.8 Å². The molecule has 11 heteroatoms. The molecule has 0 atom stereocenters. The van der Waals surface area contributed by atoms with Gasteiger partial charge < -0.3 is 0 Å². The first-order chi connectivity index (χ1) is 14.4. The molecule has 0 saturated heterocycles. The van der Waals surface area contributed by atoms with Gasteiger partial charge in [0.05, 0.1) is 27.5 Å². The first kappa shape index (κ1) is 21.0. The molecule has 0 fully saturated rings. The first-order valence-corrected chi connectivity index (χ1v) is 9.10. The van der Waals surface area contributed by atoms with Crippen molar-refractivity contribution in [2.24, 2.45) is 0 Å². The minimum absolute atomic E-state index is 0.0387. The van der Waals surface area contributed by atoms with Crippen molar-refractivity contribution in [3.63, 3.8) is 0 Å². The van der Waals surface area contributed by atoms with Crippen LogP contribution in [0.1, 0.15) is 32.0 Å². The summed E-state index contributed by atoms with van der Waals surface area (Å²) in [6.07, 6.45) is -4.98. The van der Waals surface area contributed by atoms with E-state index in [0.717, 1.165) is 11.1 Å². The second-order valence-corrected chi connectivity index (χ2v) is 7.19. The number of aryl methyl sites for hydroxylation is 1. The lowest BCUT2D eigenvalue weighted by atomic mass is 10.1. The largest absolute Gasteiger partial charge is 0.459 e. The predicted molar refractivity (Wildman–Crippen MR) is 101 cm³/mol. The maximum absolute atomic E-state index is 13.9. The molecule has 3 aromatic rings. The number of halogens is 6. The minimum atomic E-state index is -5.81. The van der Waals surface area contributed by atoms with E-state index in [1.54, 1.807) is 0 Å². The van der Waals surface area contributed by atoms with Crippen molar-refractivity contribution in [2.75, 3.05) is 4.90 Å². The summed E-state index contributed by atoms with van der Waals surface area (Å²) >= 11 is 6.04. The number of rotatable bonds is 3. The van der Waals surface area contributed by atoms with Gasteiger partial charge in [-0.1, -0.05) is 17.7 Å². The molecule has 1 aliphatic heterocycles. The van der Waals surface area contributed by atoms with E-state index in [9.17, 15) is 31.5 Å². The lowest BCUT2D eigenvalue weighted by Crippen LogP contribution is -2.35. The summed E-state index contributed by atoms with van der Waals surface area (Å²) < 4.78 is 66.6. The Morgan fingerprint density at radius 1 is 0.968 bits per heavy atom. The van der Waals surface area contributed by atoms with Crippen LogP contribution in [0.5, 0.6) is 0 Å². The van der Waals surface area contributed by atoms with Gasteiger partial charge in [0.25, 0.3) is 11.8 Å². The molecule has 4 rings (SSSR count). The van der Waals surface area contributed by atoms with Crippen LogP contribution in [0.15, 0.2) is 48.7 Å². The molecule has 0 bridgehead atoms. The molecule has 5 nitrogen and oxygen atoms in total. The molecule has 0 spiro atoms. The van der Waals surface area contributed by atoms with Gasteiger partial charge in [-0.05, 0) is 48.9 Å². The SMILES string of the molecule is Cc1cc(-n2nccc2C(F)(F)C(F)(F)F)ccc1N1C(=O)c2cccc(Cl)c2C1=O. The molecule has 0 radical (unpaired) electrons. The van der Waals surface area contributed by atoms with Gasteiger partial charge in [-0.3, -0.25) is 9.59 Å². The number of hydrogen-bond donors (Lipinski definition) is 0. The molecule has 2 heterocycles. The molecule has 1 aromatic heterocycles. The van der Waals surface area contributed by atoms with Crippen molar-refractivity contribution in [1.29, 1.82) is 0 Å². The molecule has 0 unspecified atom stereocenters. The smallest absolute Gasteiger partial charge is 0.268 e. The van der Waals surface area contributed by atoms with Gasteiger partial charge in [0.2, 0.25) is 0 Å². The van der Waals surface area contributed by atoms with E-state index in [0.29, 0.717) is 10.7 Å². The summed E-state index contributed by atoms with van der Waals surface area (Å²) in [4.78, 5) is 26.4. The van der Waals surface area contributed by atoms with Crippen molar-refractivity contribution in [3.05, 3.63) is 76.1 Å². The topological polar surface area (TPSA) is 55.2 Å². The summed E-state index contributed by atoms with van der Waals surface area (Å²) in [5, 5.41) is 3.68. The maximum Gasteiger partial charge on any atom is 0.459 e. The number of aromatic nitrogens is 2. The number of fused-ring (bicyclic) bond motifs is 1. The highest BCUT2D eigenvalue weighted by molar-refractivity contribution is 6.42. The van der Waals surface area contributed by atoms with Crippen LogP contribution in [0, 0.1) is 6.92 Å². The number of carbonyl (C=O) groups excluding carboxylic acids is 2. The highest BCUT2D eigenvalue weighted by atomic mass is 35.5. The van der Waals surface area contributed by atoms with Crippen LogP contribution < -0.4 is 4.90 Å². The average Bonchev–Trinajstić information content (AvgIpc) is 3.26. The summed E-state index contributed by atoms with van der Waals surface area (Å²) in [5.41, 5.74) is -0.890. The second kappa shape index (κ2) is 6.88. The van der Waals surface area contributed by atoms with E-state index < -0.39 is 29.6 Å². The van der Waals surface area contributed by atoms with Gasteiger partial charge >= 0.3 is 12.1 Å². The number of benzene rings is 2. The zero-order valence-corrected chi connectivity index (χ0v) is 16.3. The summed E-state index contributed by atoms with van der Waals surface area (Å²) in [6.45, 7) is 1.48. The zero-order chi connectivity index (χ0) is 22.7. The Labute approximate surface area is 176 Å². The van der Waals surface area contributed by atoms with E-state index in [1.807, 2.05) is 0 Å². The predicted octanol–water partition coefficient (Wildman–Crippen LogP) is 5.29. The van der Waals surface area contributed by atoms with Crippen LogP contribution in [0.2, 0.25) is 5.02 Å². The lowest BCUT2D eigenvalue weighted by Gasteiger charge is -2.21. The van der Waals surface area contributed by atoms with E-state index in [4.69, 9.17) is 11.6 Å². The molecule has 160 valence electrons. The Kier molecular flexibility index (Phi) is 4.65. The Balaban J connectivity index is 1.76. The van der Waals surface area contributed by atoms with Crippen LogP contribution in [0.25, 0.3) is 5.69 Å². The van der Waals surface area contributed by atoms with Crippen LogP contribution in [0.3, 0.4) is 0 Å². The van der Waals surface area contributed by atoms with E-state index >= 15 is 0 Å². The molecule has 2 amide bonds. The van der Waals surface area contributed by atoms with E-state index in [2.05, 4.69) is 5.10 Å². The third kappa shape index (κ3) is 3.09. The maximum atomic E-state index is 13.9.